The molecule has 0 radical (unpaired) electrons. The molecular weight excluding hydrogens is 252 g/mol. The van der Waals surface area contributed by atoms with Crippen LogP contribution in [0, 0.1) is 6.92 Å². The fourth-order valence-corrected chi connectivity index (χ4v) is 3.67. The van der Waals surface area contributed by atoms with Gasteiger partial charge in [0.05, 0.1) is 0 Å². The Kier molecular flexibility index (Phi) is 2.53. The average Bonchev–Trinajstić information content (AvgIpc) is 2.93. The number of carbonyl (C=O) groups excluding carboxylic acids is 1. The fourth-order valence-electron chi connectivity index (χ4n) is 3.67. The highest BCUT2D eigenvalue weighted by molar-refractivity contribution is 5.86. The monoisotopic (exact) mass is 272 g/mol. The summed E-state index contributed by atoms with van der Waals surface area (Å²) in [4.78, 5) is 12.5. The Bertz CT molecular complexity index is 546. The van der Waals surface area contributed by atoms with Gasteiger partial charge in [-0.15, -0.1) is 0 Å². The SMILES string of the molecule is Cc1ccc(C23CCCC2(C(=O)OC2CCC2)O3)cc1. The maximum Gasteiger partial charge on any atom is 0.342 e. The van der Waals surface area contributed by atoms with Gasteiger partial charge in [-0.1, -0.05) is 29.8 Å². The van der Waals surface area contributed by atoms with Crippen LogP contribution in [0.1, 0.15) is 49.7 Å². The van der Waals surface area contributed by atoms with Crippen LogP contribution in [0.4, 0.5) is 0 Å². The Hall–Kier alpha value is -1.35. The van der Waals surface area contributed by atoms with E-state index in [2.05, 4.69) is 31.2 Å². The second kappa shape index (κ2) is 4.08. The second-order valence-electron chi connectivity index (χ2n) is 6.43. The Labute approximate surface area is 119 Å². The van der Waals surface area contributed by atoms with Crippen molar-refractivity contribution in [3.63, 3.8) is 0 Å². The van der Waals surface area contributed by atoms with E-state index in [1.54, 1.807) is 0 Å². The molecule has 3 heteroatoms. The minimum Gasteiger partial charge on any atom is -0.460 e. The predicted molar refractivity (Wildman–Crippen MR) is 74.3 cm³/mol. The van der Waals surface area contributed by atoms with Gasteiger partial charge in [-0.2, -0.15) is 0 Å². The van der Waals surface area contributed by atoms with E-state index in [-0.39, 0.29) is 12.1 Å². The standard InChI is InChI=1S/C17H20O3/c1-12-6-8-13(9-7-12)16-10-3-11-17(16,20-16)15(18)19-14-4-2-5-14/h6-9,14H,2-5,10-11H2,1H3. The molecule has 4 rings (SSSR count). The van der Waals surface area contributed by atoms with E-state index in [1.807, 2.05) is 0 Å². The first-order valence-electron chi connectivity index (χ1n) is 7.65. The highest BCUT2D eigenvalue weighted by Crippen LogP contribution is 2.66. The smallest absolute Gasteiger partial charge is 0.342 e. The van der Waals surface area contributed by atoms with E-state index < -0.39 is 11.2 Å². The highest BCUT2D eigenvalue weighted by atomic mass is 16.7. The molecule has 0 spiro atoms. The fraction of sp³-hybridized carbons (Fsp3) is 0.588. The summed E-state index contributed by atoms with van der Waals surface area (Å²) in [7, 11) is 0. The number of hydrogen-bond acceptors (Lipinski definition) is 3. The van der Waals surface area contributed by atoms with E-state index >= 15 is 0 Å². The number of fused-ring (bicyclic) bond motifs is 1. The lowest BCUT2D eigenvalue weighted by Gasteiger charge is -2.26. The topological polar surface area (TPSA) is 38.8 Å². The van der Waals surface area contributed by atoms with Gasteiger partial charge in [0.1, 0.15) is 11.7 Å². The van der Waals surface area contributed by atoms with E-state index in [9.17, 15) is 4.79 Å². The average molecular weight is 272 g/mol. The first kappa shape index (κ1) is 12.4. The van der Waals surface area contributed by atoms with Crippen molar-refractivity contribution >= 4 is 5.97 Å². The molecule has 3 aliphatic rings. The molecule has 0 bridgehead atoms. The van der Waals surface area contributed by atoms with Crippen molar-refractivity contribution in [3.05, 3.63) is 35.4 Å². The molecule has 3 fully saturated rings. The van der Waals surface area contributed by atoms with Crippen LogP contribution in [-0.4, -0.2) is 17.7 Å². The number of carbonyl (C=O) groups is 1. The van der Waals surface area contributed by atoms with E-state index in [1.165, 1.54) is 12.0 Å². The van der Waals surface area contributed by atoms with Crippen LogP contribution in [0.3, 0.4) is 0 Å². The number of esters is 1. The third kappa shape index (κ3) is 1.53. The summed E-state index contributed by atoms with van der Waals surface area (Å²) in [5.41, 5.74) is 1.27. The van der Waals surface area contributed by atoms with Crippen LogP contribution in [0.5, 0.6) is 0 Å². The van der Waals surface area contributed by atoms with Crippen LogP contribution in [0.15, 0.2) is 24.3 Å². The third-order valence-electron chi connectivity index (χ3n) is 5.19. The van der Waals surface area contributed by atoms with Crippen LogP contribution < -0.4 is 0 Å². The van der Waals surface area contributed by atoms with E-state index in [4.69, 9.17) is 9.47 Å². The number of hydrogen-bond donors (Lipinski definition) is 0. The quantitative estimate of drug-likeness (QED) is 0.626. The van der Waals surface area contributed by atoms with Gasteiger partial charge in [0.25, 0.3) is 0 Å². The molecule has 2 atom stereocenters. The lowest BCUT2D eigenvalue weighted by Crippen LogP contribution is -2.36. The van der Waals surface area contributed by atoms with Gasteiger partial charge >= 0.3 is 5.97 Å². The summed E-state index contributed by atoms with van der Waals surface area (Å²) in [6.45, 7) is 2.07. The summed E-state index contributed by atoms with van der Waals surface area (Å²) in [6, 6.07) is 8.37. The van der Waals surface area contributed by atoms with Crippen molar-refractivity contribution in [2.75, 3.05) is 0 Å². The van der Waals surface area contributed by atoms with Crippen LogP contribution in [0.25, 0.3) is 0 Å². The van der Waals surface area contributed by atoms with Crippen molar-refractivity contribution in [2.45, 2.75) is 62.8 Å². The summed E-state index contributed by atoms with van der Waals surface area (Å²) in [5.74, 6) is -0.125. The van der Waals surface area contributed by atoms with E-state index in [0.717, 1.165) is 37.7 Å². The zero-order chi connectivity index (χ0) is 13.8. The summed E-state index contributed by atoms with van der Waals surface area (Å²) < 4.78 is 11.6. The summed E-state index contributed by atoms with van der Waals surface area (Å²) >= 11 is 0. The van der Waals surface area contributed by atoms with Gasteiger partial charge in [-0.3, -0.25) is 0 Å². The van der Waals surface area contributed by atoms with Crippen molar-refractivity contribution in [2.24, 2.45) is 0 Å². The van der Waals surface area contributed by atoms with Gasteiger partial charge in [0.2, 0.25) is 0 Å². The molecule has 2 aliphatic carbocycles. The molecule has 1 aliphatic heterocycles. The Morgan fingerprint density at radius 2 is 1.95 bits per heavy atom. The van der Waals surface area contributed by atoms with Crippen molar-refractivity contribution in [1.29, 1.82) is 0 Å². The molecular formula is C17H20O3. The normalized spacial score (nSPS) is 35.2. The highest BCUT2D eigenvalue weighted by Gasteiger charge is 2.78. The van der Waals surface area contributed by atoms with Gasteiger partial charge in [-0.25, -0.2) is 4.79 Å². The number of aryl methyl sites for hydroxylation is 1. The molecule has 3 nitrogen and oxygen atoms in total. The molecule has 1 heterocycles. The minimum absolute atomic E-state index is 0.125. The Balaban J connectivity index is 1.59. The number of benzene rings is 1. The molecule has 0 N–H and O–H groups in total. The Morgan fingerprint density at radius 1 is 1.20 bits per heavy atom. The van der Waals surface area contributed by atoms with Crippen LogP contribution in [-0.2, 0) is 19.9 Å². The maximum atomic E-state index is 12.5. The van der Waals surface area contributed by atoms with Gasteiger partial charge in [0, 0.05) is 0 Å². The summed E-state index contributed by atoms with van der Waals surface area (Å²) in [6.07, 6.45) is 6.10. The number of ether oxygens (including phenoxy) is 2. The molecule has 1 aromatic carbocycles. The predicted octanol–water partition coefficient (Wildman–Crippen LogP) is 3.24. The minimum atomic E-state index is -0.683. The molecule has 1 aromatic rings. The first-order chi connectivity index (χ1) is 9.66. The zero-order valence-corrected chi connectivity index (χ0v) is 11.9. The van der Waals surface area contributed by atoms with E-state index in [0.29, 0.717) is 0 Å². The molecule has 20 heavy (non-hydrogen) atoms. The molecule has 0 amide bonds. The third-order valence-corrected chi connectivity index (χ3v) is 5.19. The van der Waals surface area contributed by atoms with Crippen LogP contribution in [0.2, 0.25) is 0 Å². The zero-order valence-electron chi connectivity index (χ0n) is 11.9. The molecule has 2 saturated carbocycles. The molecule has 2 unspecified atom stereocenters. The lowest BCUT2D eigenvalue weighted by atomic mass is 9.88. The Morgan fingerprint density at radius 3 is 2.60 bits per heavy atom. The van der Waals surface area contributed by atoms with Gasteiger partial charge in [0.15, 0.2) is 5.60 Å². The largest absolute Gasteiger partial charge is 0.460 e. The van der Waals surface area contributed by atoms with Crippen LogP contribution >= 0.6 is 0 Å². The van der Waals surface area contributed by atoms with Gasteiger partial charge in [-0.05, 0) is 51.0 Å². The van der Waals surface area contributed by atoms with Crippen molar-refractivity contribution in [1.82, 2.24) is 0 Å². The molecule has 1 saturated heterocycles. The first-order valence-corrected chi connectivity index (χ1v) is 7.65. The maximum absolute atomic E-state index is 12.5. The second-order valence-corrected chi connectivity index (χ2v) is 6.43. The molecule has 0 aromatic heterocycles. The lowest BCUT2D eigenvalue weighted by molar-refractivity contribution is -0.159. The van der Waals surface area contributed by atoms with Crippen molar-refractivity contribution in [3.8, 4) is 0 Å². The summed E-state index contributed by atoms with van der Waals surface area (Å²) in [5, 5.41) is 0. The van der Waals surface area contributed by atoms with Crippen molar-refractivity contribution < 1.29 is 14.3 Å². The number of rotatable bonds is 3. The molecule has 106 valence electrons. The number of epoxide rings is 1. The van der Waals surface area contributed by atoms with Gasteiger partial charge < -0.3 is 9.47 Å².